The highest BCUT2D eigenvalue weighted by Crippen LogP contribution is 2.36. The molecule has 1 N–H and O–H groups in total. The fourth-order valence-electron chi connectivity index (χ4n) is 3.13. The summed E-state index contributed by atoms with van der Waals surface area (Å²) in [6, 6.07) is 7.52. The number of hydrogen-bond donors (Lipinski definition) is 1. The summed E-state index contributed by atoms with van der Waals surface area (Å²) in [6.07, 6.45) is 3.66. The van der Waals surface area contributed by atoms with E-state index in [1.54, 1.807) is 11.3 Å². The Morgan fingerprint density at radius 3 is 3.25 bits per heavy atom. The Balaban J connectivity index is 2.01. The van der Waals surface area contributed by atoms with Gasteiger partial charge < -0.3 is 10.2 Å². The van der Waals surface area contributed by atoms with Crippen molar-refractivity contribution in [3.05, 3.63) is 29.3 Å². The van der Waals surface area contributed by atoms with E-state index in [9.17, 15) is 0 Å². The van der Waals surface area contributed by atoms with Crippen LogP contribution in [0.25, 0.3) is 0 Å². The Labute approximate surface area is 97.6 Å². The van der Waals surface area contributed by atoms with Gasteiger partial charge in [-0.2, -0.15) is 0 Å². The number of nitrogens with one attached hydrogen (secondary N) is 1. The van der Waals surface area contributed by atoms with Gasteiger partial charge in [0.15, 0.2) is 0 Å². The van der Waals surface area contributed by atoms with Gasteiger partial charge in [0.1, 0.15) is 0 Å². The highest BCUT2D eigenvalue weighted by atomic mass is 15.2. The molecule has 0 saturated carbocycles. The summed E-state index contributed by atoms with van der Waals surface area (Å²) < 4.78 is 0. The lowest BCUT2D eigenvalue weighted by atomic mass is 10.0. The third-order valence-corrected chi connectivity index (χ3v) is 3.90. The molecule has 2 aliphatic rings. The fraction of sp³-hybridized carbons (Fsp3) is 0.571. The van der Waals surface area contributed by atoms with E-state index < -0.39 is 0 Å². The average molecular weight is 216 g/mol. The number of hydrogen-bond acceptors (Lipinski definition) is 2. The molecule has 1 saturated heterocycles. The summed E-state index contributed by atoms with van der Waals surface area (Å²) in [5.74, 6) is 0. The summed E-state index contributed by atoms with van der Waals surface area (Å²) in [6.45, 7) is 5.81. The number of para-hydroxylation sites is 1. The lowest BCUT2D eigenvalue weighted by Crippen LogP contribution is -2.37. The maximum Gasteiger partial charge on any atom is 0.0455 e. The summed E-state index contributed by atoms with van der Waals surface area (Å²) >= 11 is 0. The predicted molar refractivity (Wildman–Crippen MR) is 68.1 cm³/mol. The minimum absolute atomic E-state index is 0.699. The highest BCUT2D eigenvalue weighted by Gasteiger charge is 2.31. The summed E-state index contributed by atoms with van der Waals surface area (Å²) in [5, 5.41) is 3.55. The van der Waals surface area contributed by atoms with Crippen molar-refractivity contribution in [1.29, 1.82) is 0 Å². The van der Waals surface area contributed by atoms with Crippen LogP contribution in [0, 0.1) is 0 Å². The Bertz CT molecular complexity index is 386. The zero-order chi connectivity index (χ0) is 11.0. The van der Waals surface area contributed by atoms with Crippen LogP contribution < -0.4 is 10.2 Å². The molecule has 1 fully saturated rings. The van der Waals surface area contributed by atoms with E-state index in [0.717, 1.165) is 13.0 Å². The first-order chi connectivity index (χ1) is 7.90. The van der Waals surface area contributed by atoms with Crippen LogP contribution in [0.5, 0.6) is 0 Å². The van der Waals surface area contributed by atoms with Gasteiger partial charge in [-0.1, -0.05) is 25.1 Å². The molecule has 1 aromatic rings. The smallest absolute Gasteiger partial charge is 0.0455 e. The molecule has 1 unspecified atom stereocenters. The standard InChI is InChI=1S/C14H20N2/c1-2-11-5-3-6-12-9-13-10-15-7-4-8-16(13)14(11)12/h3,5-6,13,15H,2,4,7-10H2,1H3. The molecule has 2 heteroatoms. The van der Waals surface area contributed by atoms with Crippen molar-refractivity contribution in [2.45, 2.75) is 32.2 Å². The van der Waals surface area contributed by atoms with Crippen molar-refractivity contribution in [3.8, 4) is 0 Å². The zero-order valence-corrected chi connectivity index (χ0v) is 10.00. The third-order valence-electron chi connectivity index (χ3n) is 3.90. The lowest BCUT2D eigenvalue weighted by Gasteiger charge is -2.26. The Morgan fingerprint density at radius 1 is 1.44 bits per heavy atom. The Morgan fingerprint density at radius 2 is 2.38 bits per heavy atom. The molecule has 0 amide bonds. The molecule has 0 bridgehead atoms. The van der Waals surface area contributed by atoms with Gasteiger partial charge >= 0.3 is 0 Å². The van der Waals surface area contributed by atoms with Gasteiger partial charge in [0, 0.05) is 24.8 Å². The van der Waals surface area contributed by atoms with E-state index in [2.05, 4.69) is 35.3 Å². The molecule has 2 nitrogen and oxygen atoms in total. The minimum atomic E-state index is 0.699. The molecule has 0 radical (unpaired) electrons. The van der Waals surface area contributed by atoms with Gasteiger partial charge in [0.05, 0.1) is 0 Å². The second kappa shape index (κ2) is 4.10. The van der Waals surface area contributed by atoms with Gasteiger partial charge in [0.25, 0.3) is 0 Å². The van der Waals surface area contributed by atoms with Crippen molar-refractivity contribution in [1.82, 2.24) is 5.32 Å². The normalized spacial score (nSPS) is 23.8. The zero-order valence-electron chi connectivity index (χ0n) is 10.00. The molecule has 2 heterocycles. The van der Waals surface area contributed by atoms with Crippen LogP contribution in [0.15, 0.2) is 18.2 Å². The predicted octanol–water partition coefficient (Wildman–Crippen LogP) is 1.97. The van der Waals surface area contributed by atoms with Gasteiger partial charge in [-0.25, -0.2) is 0 Å². The molecular weight excluding hydrogens is 196 g/mol. The first-order valence-corrected chi connectivity index (χ1v) is 6.48. The Hall–Kier alpha value is -1.02. The van der Waals surface area contributed by atoms with Gasteiger partial charge in [-0.05, 0) is 36.9 Å². The second-order valence-electron chi connectivity index (χ2n) is 4.89. The van der Waals surface area contributed by atoms with Gasteiger partial charge in [-0.15, -0.1) is 0 Å². The second-order valence-corrected chi connectivity index (χ2v) is 4.89. The fourth-order valence-corrected chi connectivity index (χ4v) is 3.13. The largest absolute Gasteiger partial charge is 0.366 e. The number of anilines is 1. The van der Waals surface area contributed by atoms with Crippen LogP contribution in [0.1, 0.15) is 24.5 Å². The van der Waals surface area contributed by atoms with Gasteiger partial charge in [-0.3, -0.25) is 0 Å². The molecule has 3 rings (SSSR count). The number of aryl methyl sites for hydroxylation is 1. The molecule has 0 spiro atoms. The topological polar surface area (TPSA) is 15.3 Å². The van der Waals surface area contributed by atoms with Gasteiger partial charge in [0.2, 0.25) is 0 Å². The molecule has 86 valence electrons. The van der Waals surface area contributed by atoms with Crippen LogP contribution in [0.2, 0.25) is 0 Å². The molecule has 1 aromatic carbocycles. The lowest BCUT2D eigenvalue weighted by molar-refractivity contribution is 0.612. The van der Waals surface area contributed by atoms with E-state index in [4.69, 9.17) is 0 Å². The first kappa shape index (κ1) is 10.2. The highest BCUT2D eigenvalue weighted by molar-refractivity contribution is 5.64. The van der Waals surface area contributed by atoms with Crippen molar-refractivity contribution in [2.24, 2.45) is 0 Å². The van der Waals surface area contributed by atoms with Crippen LogP contribution in [0.4, 0.5) is 5.69 Å². The van der Waals surface area contributed by atoms with E-state index in [1.807, 2.05) is 0 Å². The van der Waals surface area contributed by atoms with E-state index >= 15 is 0 Å². The maximum atomic E-state index is 3.55. The van der Waals surface area contributed by atoms with Crippen LogP contribution >= 0.6 is 0 Å². The summed E-state index contributed by atoms with van der Waals surface area (Å²) in [7, 11) is 0. The minimum Gasteiger partial charge on any atom is -0.366 e. The molecule has 0 aliphatic carbocycles. The first-order valence-electron chi connectivity index (χ1n) is 6.48. The Kier molecular flexibility index (Phi) is 2.60. The van der Waals surface area contributed by atoms with E-state index in [1.165, 1.54) is 31.5 Å². The maximum absolute atomic E-state index is 3.55. The molecule has 2 aliphatic heterocycles. The number of benzene rings is 1. The monoisotopic (exact) mass is 216 g/mol. The van der Waals surface area contributed by atoms with Crippen molar-refractivity contribution in [3.63, 3.8) is 0 Å². The number of rotatable bonds is 1. The number of fused-ring (bicyclic) bond motifs is 3. The summed E-state index contributed by atoms with van der Waals surface area (Å²) in [4.78, 5) is 2.65. The average Bonchev–Trinajstić information content (AvgIpc) is 2.52. The van der Waals surface area contributed by atoms with E-state index in [-0.39, 0.29) is 0 Å². The third kappa shape index (κ3) is 1.52. The van der Waals surface area contributed by atoms with Crippen molar-refractivity contribution < 1.29 is 0 Å². The summed E-state index contributed by atoms with van der Waals surface area (Å²) in [5.41, 5.74) is 4.65. The SMILES string of the molecule is CCc1cccc2c1N1CCCNCC1C2. The van der Waals surface area contributed by atoms with E-state index in [0.29, 0.717) is 6.04 Å². The number of nitrogens with zero attached hydrogens (tertiary/aromatic N) is 1. The van der Waals surface area contributed by atoms with Crippen LogP contribution in [-0.4, -0.2) is 25.7 Å². The molecular formula is C14H20N2. The molecule has 0 aromatic heterocycles. The van der Waals surface area contributed by atoms with Crippen LogP contribution in [-0.2, 0) is 12.8 Å². The van der Waals surface area contributed by atoms with Crippen molar-refractivity contribution >= 4 is 5.69 Å². The molecule has 1 atom stereocenters. The molecule has 16 heavy (non-hydrogen) atoms. The quantitative estimate of drug-likeness (QED) is 0.772. The van der Waals surface area contributed by atoms with Crippen LogP contribution in [0.3, 0.4) is 0 Å². The van der Waals surface area contributed by atoms with Crippen molar-refractivity contribution in [2.75, 3.05) is 24.5 Å².